The molecule has 2 N–H and O–H groups in total. The van der Waals surface area contributed by atoms with Crippen molar-refractivity contribution in [3.05, 3.63) is 59.7 Å². The molecule has 2 rings (SSSR count). The van der Waals surface area contributed by atoms with Gasteiger partial charge in [-0.1, -0.05) is 12.1 Å². The molecule has 0 fully saturated rings. The number of rotatable bonds is 4. The summed E-state index contributed by atoms with van der Waals surface area (Å²) in [7, 11) is 0. The van der Waals surface area contributed by atoms with Gasteiger partial charge in [-0.15, -0.1) is 11.8 Å². The van der Waals surface area contributed by atoms with Crippen molar-refractivity contribution < 1.29 is 9.90 Å². The molecule has 0 saturated heterocycles. The summed E-state index contributed by atoms with van der Waals surface area (Å²) >= 11 is 1.64. The van der Waals surface area contributed by atoms with E-state index in [0.717, 1.165) is 10.5 Å². The van der Waals surface area contributed by atoms with Crippen LogP contribution in [0.2, 0.25) is 0 Å². The molecule has 0 heterocycles. The predicted molar refractivity (Wildman–Crippen MR) is 77.5 cm³/mol. The van der Waals surface area contributed by atoms with E-state index in [1.54, 1.807) is 30.0 Å². The Balaban J connectivity index is 1.97. The summed E-state index contributed by atoms with van der Waals surface area (Å²) < 4.78 is 0. The molecule has 0 atom stereocenters. The fourth-order valence-corrected chi connectivity index (χ4v) is 2.10. The van der Waals surface area contributed by atoms with Crippen LogP contribution in [0.5, 0.6) is 5.75 Å². The second kappa shape index (κ2) is 6.29. The van der Waals surface area contributed by atoms with E-state index < -0.39 is 0 Å². The lowest BCUT2D eigenvalue weighted by Crippen LogP contribution is -2.22. The van der Waals surface area contributed by atoms with E-state index in [4.69, 9.17) is 0 Å². The summed E-state index contributed by atoms with van der Waals surface area (Å²) in [5.74, 6) is 0.0899. The van der Waals surface area contributed by atoms with Crippen LogP contribution in [0.4, 0.5) is 0 Å². The molecule has 0 aromatic heterocycles. The van der Waals surface area contributed by atoms with Gasteiger partial charge in [-0.05, 0) is 48.2 Å². The summed E-state index contributed by atoms with van der Waals surface area (Å²) in [4.78, 5) is 13.1. The van der Waals surface area contributed by atoms with Crippen molar-refractivity contribution in [2.45, 2.75) is 11.4 Å². The first kappa shape index (κ1) is 13.5. The molecule has 0 unspecified atom stereocenters. The number of hydrogen-bond acceptors (Lipinski definition) is 3. The van der Waals surface area contributed by atoms with Crippen molar-refractivity contribution in [1.82, 2.24) is 5.32 Å². The monoisotopic (exact) mass is 273 g/mol. The van der Waals surface area contributed by atoms with Crippen LogP contribution in [-0.4, -0.2) is 17.3 Å². The lowest BCUT2D eigenvalue weighted by molar-refractivity contribution is 0.0951. The first-order valence-electron chi connectivity index (χ1n) is 5.89. The number of thioether (sulfide) groups is 1. The van der Waals surface area contributed by atoms with Gasteiger partial charge in [0.05, 0.1) is 0 Å². The Morgan fingerprint density at radius 2 is 1.95 bits per heavy atom. The molecule has 0 saturated carbocycles. The molecule has 98 valence electrons. The zero-order valence-corrected chi connectivity index (χ0v) is 11.4. The van der Waals surface area contributed by atoms with Crippen molar-refractivity contribution in [3.8, 4) is 5.75 Å². The SMILES string of the molecule is CSc1ccc(C(=O)NCc2cccc(O)c2)cc1. The molecule has 4 heteroatoms. The molecule has 2 aromatic carbocycles. The van der Waals surface area contributed by atoms with Crippen LogP contribution in [0, 0.1) is 0 Å². The smallest absolute Gasteiger partial charge is 0.251 e. The fraction of sp³-hybridized carbons (Fsp3) is 0.133. The number of phenols is 1. The molecular formula is C15H15NO2S. The number of nitrogens with one attached hydrogen (secondary N) is 1. The van der Waals surface area contributed by atoms with Gasteiger partial charge in [0.25, 0.3) is 5.91 Å². The van der Waals surface area contributed by atoms with Gasteiger partial charge in [0.1, 0.15) is 5.75 Å². The highest BCUT2D eigenvalue weighted by atomic mass is 32.2. The van der Waals surface area contributed by atoms with Crippen LogP contribution in [0.15, 0.2) is 53.4 Å². The first-order chi connectivity index (χ1) is 9.19. The number of aromatic hydroxyl groups is 1. The molecule has 3 nitrogen and oxygen atoms in total. The highest BCUT2D eigenvalue weighted by Gasteiger charge is 2.05. The molecule has 0 spiro atoms. The molecular weight excluding hydrogens is 258 g/mol. The second-order valence-electron chi connectivity index (χ2n) is 4.08. The quantitative estimate of drug-likeness (QED) is 0.842. The Labute approximate surface area is 116 Å². The molecule has 1 amide bonds. The molecule has 0 aliphatic carbocycles. The van der Waals surface area contributed by atoms with Gasteiger partial charge in [0, 0.05) is 17.0 Å². The van der Waals surface area contributed by atoms with Gasteiger partial charge >= 0.3 is 0 Å². The average Bonchev–Trinajstić information content (AvgIpc) is 2.45. The zero-order chi connectivity index (χ0) is 13.7. The van der Waals surface area contributed by atoms with E-state index in [1.165, 1.54) is 0 Å². The van der Waals surface area contributed by atoms with Crippen LogP contribution in [0.1, 0.15) is 15.9 Å². The number of benzene rings is 2. The van der Waals surface area contributed by atoms with Crippen molar-refractivity contribution >= 4 is 17.7 Å². The van der Waals surface area contributed by atoms with Crippen molar-refractivity contribution in [2.24, 2.45) is 0 Å². The maximum atomic E-state index is 11.9. The molecule has 0 radical (unpaired) electrons. The number of carbonyl (C=O) groups excluding carboxylic acids is 1. The van der Waals surface area contributed by atoms with Crippen LogP contribution >= 0.6 is 11.8 Å². The van der Waals surface area contributed by atoms with Crippen molar-refractivity contribution in [3.63, 3.8) is 0 Å². The highest BCUT2D eigenvalue weighted by molar-refractivity contribution is 7.98. The largest absolute Gasteiger partial charge is 0.508 e. The number of amides is 1. The minimum absolute atomic E-state index is 0.115. The second-order valence-corrected chi connectivity index (χ2v) is 4.96. The number of phenolic OH excluding ortho intramolecular Hbond substituents is 1. The normalized spacial score (nSPS) is 10.2. The van der Waals surface area contributed by atoms with Gasteiger partial charge in [-0.2, -0.15) is 0 Å². The van der Waals surface area contributed by atoms with E-state index in [2.05, 4.69) is 5.32 Å². The minimum atomic E-state index is -0.115. The Kier molecular flexibility index (Phi) is 4.47. The van der Waals surface area contributed by atoms with Gasteiger partial charge in [0.15, 0.2) is 0 Å². The van der Waals surface area contributed by atoms with Gasteiger partial charge in [0.2, 0.25) is 0 Å². The number of hydrogen-bond donors (Lipinski definition) is 2. The zero-order valence-electron chi connectivity index (χ0n) is 10.6. The van der Waals surface area contributed by atoms with Crippen molar-refractivity contribution in [1.29, 1.82) is 0 Å². The summed E-state index contributed by atoms with van der Waals surface area (Å²) in [6.07, 6.45) is 2.00. The molecule has 0 aliphatic heterocycles. The van der Waals surface area contributed by atoms with Gasteiger partial charge < -0.3 is 10.4 Å². The molecule has 2 aromatic rings. The number of carbonyl (C=O) groups is 1. The summed E-state index contributed by atoms with van der Waals surface area (Å²) in [5, 5.41) is 12.2. The third kappa shape index (κ3) is 3.76. The Morgan fingerprint density at radius 1 is 1.21 bits per heavy atom. The van der Waals surface area contributed by atoms with Crippen LogP contribution < -0.4 is 5.32 Å². The van der Waals surface area contributed by atoms with Gasteiger partial charge in [-0.25, -0.2) is 0 Å². The molecule has 0 aliphatic rings. The summed E-state index contributed by atoms with van der Waals surface area (Å²) in [6, 6.07) is 14.3. The van der Waals surface area contributed by atoms with Gasteiger partial charge in [-0.3, -0.25) is 4.79 Å². The summed E-state index contributed by atoms with van der Waals surface area (Å²) in [5.41, 5.74) is 1.51. The topological polar surface area (TPSA) is 49.3 Å². The maximum absolute atomic E-state index is 11.9. The minimum Gasteiger partial charge on any atom is -0.508 e. The van der Waals surface area contributed by atoms with Crippen molar-refractivity contribution in [2.75, 3.05) is 6.26 Å². The Morgan fingerprint density at radius 3 is 2.58 bits per heavy atom. The Hall–Kier alpha value is -1.94. The van der Waals surface area contributed by atoms with E-state index in [0.29, 0.717) is 12.1 Å². The van der Waals surface area contributed by atoms with E-state index in [9.17, 15) is 9.90 Å². The standard InChI is InChI=1S/C15H15NO2S/c1-19-14-7-5-12(6-8-14)15(18)16-10-11-3-2-4-13(17)9-11/h2-9,17H,10H2,1H3,(H,16,18). The van der Waals surface area contributed by atoms with Crippen LogP contribution in [0.25, 0.3) is 0 Å². The Bertz CT molecular complexity index is 567. The lowest BCUT2D eigenvalue weighted by atomic mass is 10.2. The fourth-order valence-electron chi connectivity index (χ4n) is 1.69. The van der Waals surface area contributed by atoms with E-state index in [1.807, 2.05) is 36.6 Å². The molecule has 19 heavy (non-hydrogen) atoms. The third-order valence-electron chi connectivity index (χ3n) is 2.72. The molecule has 0 bridgehead atoms. The maximum Gasteiger partial charge on any atom is 0.251 e. The highest BCUT2D eigenvalue weighted by Crippen LogP contribution is 2.15. The van der Waals surface area contributed by atoms with Crippen LogP contribution in [-0.2, 0) is 6.54 Å². The third-order valence-corrected chi connectivity index (χ3v) is 3.46. The average molecular weight is 273 g/mol. The predicted octanol–water partition coefficient (Wildman–Crippen LogP) is 3.04. The first-order valence-corrected chi connectivity index (χ1v) is 7.11. The summed E-state index contributed by atoms with van der Waals surface area (Å²) in [6.45, 7) is 0.400. The van der Waals surface area contributed by atoms with E-state index in [-0.39, 0.29) is 11.7 Å². The van der Waals surface area contributed by atoms with E-state index >= 15 is 0 Å². The van der Waals surface area contributed by atoms with Crippen LogP contribution in [0.3, 0.4) is 0 Å². The lowest BCUT2D eigenvalue weighted by Gasteiger charge is -2.06.